The molecule has 0 amide bonds. The molecule has 6 heteroatoms. The number of hydrogen-bond acceptors (Lipinski definition) is 4. The second kappa shape index (κ2) is 7.23. The van der Waals surface area contributed by atoms with Gasteiger partial charge < -0.3 is 5.32 Å². The summed E-state index contributed by atoms with van der Waals surface area (Å²) in [5.74, 6) is 0.670. The van der Waals surface area contributed by atoms with E-state index in [9.17, 15) is 14.3 Å². The molecule has 1 aromatic carbocycles. The average molecular weight is 270 g/mol. The summed E-state index contributed by atoms with van der Waals surface area (Å²) in [7, 11) is -0.773. The number of non-ortho nitro benzene ring substituents is 1. The molecule has 1 aromatic rings. The molecule has 0 aromatic heterocycles. The van der Waals surface area contributed by atoms with E-state index in [1.54, 1.807) is 18.4 Å². The maximum Gasteiger partial charge on any atom is 0.269 e. The number of nitro groups is 1. The van der Waals surface area contributed by atoms with Crippen LogP contribution in [0.3, 0.4) is 0 Å². The van der Waals surface area contributed by atoms with Crippen LogP contribution in [-0.4, -0.2) is 27.2 Å². The van der Waals surface area contributed by atoms with Gasteiger partial charge in [0.1, 0.15) is 0 Å². The Hall–Kier alpha value is -1.27. The van der Waals surface area contributed by atoms with Gasteiger partial charge in [-0.2, -0.15) is 0 Å². The van der Waals surface area contributed by atoms with Crippen LogP contribution < -0.4 is 5.32 Å². The van der Waals surface area contributed by atoms with Crippen molar-refractivity contribution in [2.24, 2.45) is 0 Å². The standard InChI is InChI=1S/C12H18N2O3S/c1-10(6-7-18(2)17)13-9-11-4-3-5-12(8-11)14(15)16/h3-5,8,10,13H,6-7,9H2,1-2H3. The molecule has 2 atom stereocenters. The zero-order valence-corrected chi connectivity index (χ0v) is 11.4. The van der Waals surface area contributed by atoms with Gasteiger partial charge in [0.25, 0.3) is 5.69 Å². The molecule has 18 heavy (non-hydrogen) atoms. The van der Waals surface area contributed by atoms with Gasteiger partial charge in [-0.3, -0.25) is 14.3 Å². The van der Waals surface area contributed by atoms with Crippen LogP contribution in [0.1, 0.15) is 18.9 Å². The molecule has 0 aliphatic carbocycles. The van der Waals surface area contributed by atoms with E-state index in [0.29, 0.717) is 12.3 Å². The Kier molecular flexibility index (Phi) is 5.94. The highest BCUT2D eigenvalue weighted by atomic mass is 32.2. The number of nitrogens with zero attached hydrogens (tertiary/aromatic N) is 1. The first-order valence-electron chi connectivity index (χ1n) is 5.76. The molecule has 0 aliphatic heterocycles. The normalized spacial score (nSPS) is 14.1. The third-order valence-electron chi connectivity index (χ3n) is 2.61. The van der Waals surface area contributed by atoms with E-state index in [1.165, 1.54) is 6.07 Å². The molecule has 100 valence electrons. The minimum absolute atomic E-state index is 0.108. The maximum atomic E-state index is 11.0. The summed E-state index contributed by atoms with van der Waals surface area (Å²) in [6.07, 6.45) is 2.52. The second-order valence-corrected chi connectivity index (χ2v) is 5.83. The molecule has 5 nitrogen and oxygen atoms in total. The minimum Gasteiger partial charge on any atom is -0.310 e. The van der Waals surface area contributed by atoms with Gasteiger partial charge in [-0.05, 0) is 18.9 Å². The van der Waals surface area contributed by atoms with Crippen LogP contribution in [0.15, 0.2) is 24.3 Å². The van der Waals surface area contributed by atoms with Crippen LogP contribution in [0, 0.1) is 10.1 Å². The van der Waals surface area contributed by atoms with Crippen LogP contribution in [-0.2, 0) is 17.3 Å². The largest absolute Gasteiger partial charge is 0.310 e. The minimum atomic E-state index is -0.773. The van der Waals surface area contributed by atoms with Crippen molar-refractivity contribution in [3.05, 3.63) is 39.9 Å². The van der Waals surface area contributed by atoms with Crippen LogP contribution in [0.2, 0.25) is 0 Å². The van der Waals surface area contributed by atoms with E-state index in [0.717, 1.165) is 12.0 Å². The lowest BCUT2D eigenvalue weighted by Gasteiger charge is -2.12. The predicted octanol–water partition coefficient (Wildman–Crippen LogP) is 1.84. The van der Waals surface area contributed by atoms with E-state index < -0.39 is 15.7 Å². The summed E-state index contributed by atoms with van der Waals surface area (Å²) in [6.45, 7) is 2.60. The number of rotatable bonds is 7. The van der Waals surface area contributed by atoms with Gasteiger partial charge in [0.05, 0.1) is 4.92 Å². The highest BCUT2D eigenvalue weighted by molar-refractivity contribution is 7.84. The topological polar surface area (TPSA) is 72.2 Å². The second-order valence-electron chi connectivity index (χ2n) is 4.27. The Bertz CT molecular complexity index is 437. The molecule has 0 spiro atoms. The van der Waals surface area contributed by atoms with Crippen molar-refractivity contribution in [1.82, 2.24) is 5.32 Å². The Balaban J connectivity index is 2.45. The SMILES string of the molecule is CC(CCS(C)=O)NCc1cccc([N+](=O)[O-])c1. The summed E-state index contributed by atoms with van der Waals surface area (Å²) in [5, 5.41) is 13.9. The zero-order chi connectivity index (χ0) is 13.5. The molecule has 0 aliphatic rings. The average Bonchev–Trinajstić information content (AvgIpc) is 2.34. The molecular weight excluding hydrogens is 252 g/mol. The molecule has 1 N–H and O–H groups in total. The summed E-state index contributed by atoms with van der Waals surface area (Å²) in [6, 6.07) is 6.82. The fourth-order valence-corrected chi connectivity index (χ4v) is 2.20. The molecule has 0 bridgehead atoms. The number of benzene rings is 1. The van der Waals surface area contributed by atoms with E-state index >= 15 is 0 Å². The molecule has 0 fully saturated rings. The fraction of sp³-hybridized carbons (Fsp3) is 0.500. The number of hydrogen-bond donors (Lipinski definition) is 1. The first-order valence-corrected chi connectivity index (χ1v) is 7.48. The van der Waals surface area contributed by atoms with Gasteiger partial charge in [-0.1, -0.05) is 12.1 Å². The third-order valence-corrected chi connectivity index (χ3v) is 3.42. The molecule has 0 heterocycles. The first kappa shape index (κ1) is 14.8. The smallest absolute Gasteiger partial charge is 0.269 e. The van der Waals surface area contributed by atoms with Crippen molar-refractivity contribution in [2.45, 2.75) is 25.9 Å². The molecule has 0 radical (unpaired) electrons. The maximum absolute atomic E-state index is 11.0. The lowest BCUT2D eigenvalue weighted by Crippen LogP contribution is -2.26. The Morgan fingerprint density at radius 1 is 1.50 bits per heavy atom. The van der Waals surface area contributed by atoms with E-state index in [2.05, 4.69) is 5.32 Å². The van der Waals surface area contributed by atoms with Gasteiger partial charge in [-0.15, -0.1) is 0 Å². The zero-order valence-electron chi connectivity index (χ0n) is 10.6. The predicted molar refractivity (Wildman–Crippen MR) is 72.9 cm³/mol. The van der Waals surface area contributed by atoms with Gasteiger partial charge in [-0.25, -0.2) is 0 Å². The lowest BCUT2D eigenvalue weighted by atomic mass is 10.2. The Morgan fingerprint density at radius 3 is 2.83 bits per heavy atom. The molecular formula is C12H18N2O3S. The third kappa shape index (κ3) is 5.37. The van der Waals surface area contributed by atoms with Gasteiger partial charge in [0, 0.05) is 47.5 Å². The summed E-state index contributed by atoms with van der Waals surface area (Å²) in [5.41, 5.74) is 0.991. The summed E-state index contributed by atoms with van der Waals surface area (Å²) >= 11 is 0. The molecule has 0 saturated carbocycles. The molecule has 2 unspecified atom stereocenters. The molecule has 0 saturated heterocycles. The van der Waals surface area contributed by atoms with Gasteiger partial charge in [0.2, 0.25) is 0 Å². The highest BCUT2D eigenvalue weighted by Gasteiger charge is 2.07. The fourth-order valence-electron chi connectivity index (χ4n) is 1.52. The first-order chi connectivity index (χ1) is 8.49. The Morgan fingerprint density at radius 2 is 2.22 bits per heavy atom. The summed E-state index contributed by atoms with van der Waals surface area (Å²) < 4.78 is 11.0. The van der Waals surface area contributed by atoms with E-state index in [1.807, 2.05) is 13.0 Å². The van der Waals surface area contributed by atoms with Gasteiger partial charge >= 0.3 is 0 Å². The quantitative estimate of drug-likeness (QED) is 0.606. The van der Waals surface area contributed by atoms with Crippen molar-refractivity contribution >= 4 is 16.5 Å². The monoisotopic (exact) mass is 270 g/mol. The van der Waals surface area contributed by atoms with Crippen LogP contribution in [0.5, 0.6) is 0 Å². The number of nitro benzene ring substituents is 1. The van der Waals surface area contributed by atoms with E-state index in [4.69, 9.17) is 0 Å². The van der Waals surface area contributed by atoms with Crippen LogP contribution in [0.25, 0.3) is 0 Å². The van der Waals surface area contributed by atoms with Crippen molar-refractivity contribution in [2.75, 3.05) is 12.0 Å². The Labute approximate surface area is 109 Å². The van der Waals surface area contributed by atoms with Crippen molar-refractivity contribution in [1.29, 1.82) is 0 Å². The van der Waals surface area contributed by atoms with E-state index in [-0.39, 0.29) is 11.7 Å². The lowest BCUT2D eigenvalue weighted by molar-refractivity contribution is -0.384. The number of nitrogens with one attached hydrogen (secondary N) is 1. The van der Waals surface area contributed by atoms with Crippen molar-refractivity contribution < 1.29 is 9.13 Å². The molecule has 1 rings (SSSR count). The van der Waals surface area contributed by atoms with Gasteiger partial charge in [0.15, 0.2) is 0 Å². The van der Waals surface area contributed by atoms with Crippen molar-refractivity contribution in [3.63, 3.8) is 0 Å². The summed E-state index contributed by atoms with van der Waals surface area (Å²) in [4.78, 5) is 10.2. The van der Waals surface area contributed by atoms with Crippen molar-refractivity contribution in [3.8, 4) is 0 Å². The van der Waals surface area contributed by atoms with Crippen LogP contribution >= 0.6 is 0 Å². The van der Waals surface area contributed by atoms with Crippen LogP contribution in [0.4, 0.5) is 5.69 Å². The highest BCUT2D eigenvalue weighted by Crippen LogP contribution is 2.13.